The van der Waals surface area contributed by atoms with Gasteiger partial charge in [0.2, 0.25) is 5.91 Å². The van der Waals surface area contributed by atoms with Gasteiger partial charge in [-0.05, 0) is 23.8 Å². The van der Waals surface area contributed by atoms with Crippen molar-refractivity contribution in [3.8, 4) is 0 Å². The summed E-state index contributed by atoms with van der Waals surface area (Å²) in [5, 5.41) is 1.01. The van der Waals surface area contributed by atoms with Gasteiger partial charge in [-0.2, -0.15) is 0 Å². The lowest BCUT2D eigenvalue weighted by atomic mass is 10.1. The first kappa shape index (κ1) is 9.40. The zero-order valence-electron chi connectivity index (χ0n) is 8.05. The van der Waals surface area contributed by atoms with Gasteiger partial charge >= 0.3 is 0 Å². The van der Waals surface area contributed by atoms with Crippen molar-refractivity contribution in [2.24, 2.45) is 5.73 Å². The number of hydrogen-bond acceptors (Lipinski definition) is 2. The van der Waals surface area contributed by atoms with Crippen LogP contribution in [-0.2, 0) is 4.79 Å². The van der Waals surface area contributed by atoms with E-state index in [9.17, 15) is 4.79 Å². The third-order valence-electron chi connectivity index (χ3n) is 2.11. The number of amides is 1. The van der Waals surface area contributed by atoms with Crippen LogP contribution in [0.5, 0.6) is 0 Å². The van der Waals surface area contributed by atoms with Crippen molar-refractivity contribution in [1.82, 2.24) is 4.98 Å². The monoisotopic (exact) mass is 198 g/mol. The highest BCUT2D eigenvalue weighted by Gasteiger charge is 1.97. The minimum atomic E-state index is -0.448. The Morgan fingerprint density at radius 3 is 2.87 bits per heavy atom. The maximum absolute atomic E-state index is 10.6. The summed E-state index contributed by atoms with van der Waals surface area (Å²) in [7, 11) is 0. The molecule has 0 fully saturated rings. The van der Waals surface area contributed by atoms with E-state index in [1.807, 2.05) is 30.3 Å². The van der Waals surface area contributed by atoms with Gasteiger partial charge in [0.05, 0.1) is 5.52 Å². The van der Waals surface area contributed by atoms with E-state index >= 15 is 0 Å². The second kappa shape index (κ2) is 3.92. The van der Waals surface area contributed by atoms with Gasteiger partial charge in [-0.25, -0.2) is 0 Å². The van der Waals surface area contributed by atoms with Crippen molar-refractivity contribution in [3.05, 3.63) is 48.2 Å². The SMILES string of the molecule is NC(=O)/C=C/c1ccnc2ccccc12. The van der Waals surface area contributed by atoms with Crippen LogP contribution in [-0.4, -0.2) is 10.9 Å². The predicted octanol–water partition coefficient (Wildman–Crippen LogP) is 1.73. The number of fused-ring (bicyclic) bond motifs is 1. The molecule has 1 heterocycles. The number of benzene rings is 1. The van der Waals surface area contributed by atoms with Crippen LogP contribution in [0.15, 0.2) is 42.6 Å². The van der Waals surface area contributed by atoms with E-state index in [0.717, 1.165) is 16.5 Å². The van der Waals surface area contributed by atoms with Crippen molar-refractivity contribution >= 4 is 22.9 Å². The van der Waals surface area contributed by atoms with Crippen molar-refractivity contribution in [2.75, 3.05) is 0 Å². The van der Waals surface area contributed by atoms with Crippen LogP contribution in [0.2, 0.25) is 0 Å². The van der Waals surface area contributed by atoms with E-state index in [1.54, 1.807) is 12.3 Å². The fraction of sp³-hybridized carbons (Fsp3) is 0. The van der Waals surface area contributed by atoms with Gasteiger partial charge in [-0.1, -0.05) is 18.2 Å². The fourth-order valence-corrected chi connectivity index (χ4v) is 1.44. The van der Waals surface area contributed by atoms with Gasteiger partial charge in [0.15, 0.2) is 0 Å². The van der Waals surface area contributed by atoms with Gasteiger partial charge in [0.1, 0.15) is 0 Å². The molecular weight excluding hydrogens is 188 g/mol. The third kappa shape index (κ3) is 2.02. The molecule has 0 saturated heterocycles. The molecule has 74 valence electrons. The summed E-state index contributed by atoms with van der Waals surface area (Å²) >= 11 is 0. The molecular formula is C12H10N2O. The maximum Gasteiger partial charge on any atom is 0.241 e. The van der Waals surface area contributed by atoms with Gasteiger partial charge in [-0.3, -0.25) is 9.78 Å². The van der Waals surface area contributed by atoms with Crippen LogP contribution in [0.3, 0.4) is 0 Å². The number of pyridine rings is 1. The Bertz CT molecular complexity index is 527. The van der Waals surface area contributed by atoms with Crippen LogP contribution >= 0.6 is 0 Å². The lowest BCUT2D eigenvalue weighted by Gasteiger charge is -1.99. The first-order chi connectivity index (χ1) is 7.27. The molecule has 0 aliphatic heterocycles. The molecule has 3 heteroatoms. The summed E-state index contributed by atoms with van der Waals surface area (Å²) in [5.41, 5.74) is 6.89. The van der Waals surface area contributed by atoms with Gasteiger partial charge in [0.25, 0.3) is 0 Å². The normalized spacial score (nSPS) is 10.9. The van der Waals surface area contributed by atoms with Crippen LogP contribution in [0.25, 0.3) is 17.0 Å². The Morgan fingerprint density at radius 1 is 1.27 bits per heavy atom. The predicted molar refractivity (Wildman–Crippen MR) is 60.0 cm³/mol. The number of nitrogens with two attached hydrogens (primary N) is 1. The highest BCUT2D eigenvalue weighted by molar-refractivity contribution is 5.94. The number of carbonyl (C=O) groups is 1. The second-order valence-electron chi connectivity index (χ2n) is 3.15. The number of para-hydroxylation sites is 1. The van der Waals surface area contributed by atoms with Gasteiger partial charge < -0.3 is 5.73 Å². The van der Waals surface area contributed by atoms with Crippen molar-refractivity contribution in [3.63, 3.8) is 0 Å². The molecule has 1 aromatic heterocycles. The zero-order chi connectivity index (χ0) is 10.7. The van der Waals surface area contributed by atoms with E-state index in [1.165, 1.54) is 6.08 Å². The first-order valence-corrected chi connectivity index (χ1v) is 4.58. The zero-order valence-corrected chi connectivity index (χ0v) is 8.05. The summed E-state index contributed by atoms with van der Waals surface area (Å²) in [4.78, 5) is 14.8. The van der Waals surface area contributed by atoms with E-state index in [-0.39, 0.29) is 0 Å². The molecule has 0 spiro atoms. The molecule has 1 amide bonds. The molecule has 2 rings (SSSR count). The van der Waals surface area contributed by atoms with E-state index < -0.39 is 5.91 Å². The summed E-state index contributed by atoms with van der Waals surface area (Å²) in [6.45, 7) is 0. The van der Waals surface area contributed by atoms with Crippen molar-refractivity contribution < 1.29 is 4.79 Å². The molecule has 3 nitrogen and oxygen atoms in total. The topological polar surface area (TPSA) is 56.0 Å². The molecule has 2 N–H and O–H groups in total. The molecule has 0 aliphatic rings. The summed E-state index contributed by atoms with van der Waals surface area (Å²) in [6.07, 6.45) is 4.76. The first-order valence-electron chi connectivity index (χ1n) is 4.58. The van der Waals surface area contributed by atoms with Crippen molar-refractivity contribution in [1.29, 1.82) is 0 Å². The Labute approximate surface area is 87.2 Å². The number of rotatable bonds is 2. The van der Waals surface area contributed by atoms with Gasteiger partial charge in [0, 0.05) is 17.7 Å². The average Bonchev–Trinajstić information content (AvgIpc) is 2.26. The van der Waals surface area contributed by atoms with Gasteiger partial charge in [-0.15, -0.1) is 0 Å². The molecule has 0 saturated carbocycles. The second-order valence-corrected chi connectivity index (χ2v) is 3.15. The molecule has 1 aromatic carbocycles. The molecule has 2 aromatic rings. The highest BCUT2D eigenvalue weighted by atomic mass is 16.1. The molecule has 0 radical (unpaired) electrons. The standard InChI is InChI=1S/C12H10N2O/c13-12(15)6-5-9-7-8-14-11-4-2-1-3-10(9)11/h1-8H,(H2,13,15)/b6-5+. The average molecular weight is 198 g/mol. The van der Waals surface area contributed by atoms with Crippen LogP contribution in [0.1, 0.15) is 5.56 Å². The molecule has 0 bridgehead atoms. The Kier molecular flexibility index (Phi) is 2.46. The quantitative estimate of drug-likeness (QED) is 0.747. The largest absolute Gasteiger partial charge is 0.366 e. The number of hydrogen-bond donors (Lipinski definition) is 1. The molecule has 0 aliphatic carbocycles. The maximum atomic E-state index is 10.6. The molecule has 15 heavy (non-hydrogen) atoms. The molecule has 0 atom stereocenters. The number of primary amides is 1. The third-order valence-corrected chi connectivity index (χ3v) is 2.11. The number of aromatic nitrogens is 1. The lowest BCUT2D eigenvalue weighted by Crippen LogP contribution is -2.05. The van der Waals surface area contributed by atoms with Crippen LogP contribution < -0.4 is 5.73 Å². The van der Waals surface area contributed by atoms with E-state index in [0.29, 0.717) is 0 Å². The number of nitrogens with zero attached hydrogens (tertiary/aromatic N) is 1. The van der Waals surface area contributed by atoms with Crippen LogP contribution in [0.4, 0.5) is 0 Å². The lowest BCUT2D eigenvalue weighted by molar-refractivity contribution is -0.113. The summed E-state index contributed by atoms with van der Waals surface area (Å²) in [6, 6.07) is 9.60. The molecule has 0 unspecified atom stereocenters. The van der Waals surface area contributed by atoms with Crippen molar-refractivity contribution in [2.45, 2.75) is 0 Å². The Balaban J connectivity index is 2.56. The van der Waals surface area contributed by atoms with Crippen LogP contribution in [0, 0.1) is 0 Å². The highest BCUT2D eigenvalue weighted by Crippen LogP contribution is 2.16. The van der Waals surface area contributed by atoms with E-state index in [4.69, 9.17) is 5.73 Å². The summed E-state index contributed by atoms with van der Waals surface area (Å²) < 4.78 is 0. The van der Waals surface area contributed by atoms with E-state index in [2.05, 4.69) is 4.98 Å². The Morgan fingerprint density at radius 2 is 2.07 bits per heavy atom. The fourth-order valence-electron chi connectivity index (χ4n) is 1.44. The minimum Gasteiger partial charge on any atom is -0.366 e. The smallest absolute Gasteiger partial charge is 0.241 e. The minimum absolute atomic E-state index is 0.448. The number of carbonyl (C=O) groups excluding carboxylic acids is 1. The Hall–Kier alpha value is -2.16. The summed E-state index contributed by atoms with van der Waals surface area (Å²) in [5.74, 6) is -0.448.